The minimum Gasteiger partial charge on any atom is -0.486 e. The van der Waals surface area contributed by atoms with Crippen molar-refractivity contribution in [3.8, 4) is 11.5 Å². The van der Waals surface area contributed by atoms with Gasteiger partial charge in [0.2, 0.25) is 0 Å². The van der Waals surface area contributed by atoms with Crippen molar-refractivity contribution in [2.45, 2.75) is 20.4 Å². The van der Waals surface area contributed by atoms with Crippen LogP contribution in [0.4, 0.5) is 0 Å². The quantitative estimate of drug-likeness (QED) is 0.716. The molecule has 0 N–H and O–H groups in total. The van der Waals surface area contributed by atoms with Gasteiger partial charge < -0.3 is 19.3 Å². The first-order chi connectivity index (χ1) is 13.2. The van der Waals surface area contributed by atoms with E-state index >= 15 is 0 Å². The molecule has 0 aromatic heterocycles. The summed E-state index contributed by atoms with van der Waals surface area (Å²) in [5.41, 5.74) is 1.69. The lowest BCUT2D eigenvalue weighted by Crippen LogP contribution is -2.38. The molecule has 0 atom stereocenters. The summed E-state index contributed by atoms with van der Waals surface area (Å²) in [5, 5.41) is 0. The van der Waals surface area contributed by atoms with Crippen LogP contribution in [-0.4, -0.2) is 55.1 Å². The highest BCUT2D eigenvalue weighted by Crippen LogP contribution is 2.34. The Morgan fingerprint density at radius 2 is 1.67 bits per heavy atom. The van der Waals surface area contributed by atoms with Crippen LogP contribution in [-0.2, 0) is 6.54 Å². The number of hydrogen-bond acceptors (Lipinski definition) is 4. The van der Waals surface area contributed by atoms with Crippen molar-refractivity contribution in [3.63, 3.8) is 0 Å². The first-order valence-corrected chi connectivity index (χ1v) is 9.67. The number of hydrogen-bond donors (Lipinski definition) is 0. The third kappa shape index (κ3) is 4.80. The lowest BCUT2D eigenvalue weighted by Gasteiger charge is -2.28. The van der Waals surface area contributed by atoms with E-state index < -0.39 is 0 Å². The second kappa shape index (κ2) is 9.42. The van der Waals surface area contributed by atoms with Gasteiger partial charge in [-0.05, 0) is 30.8 Å². The van der Waals surface area contributed by atoms with E-state index in [2.05, 4.69) is 30.9 Å². The molecule has 1 aliphatic heterocycles. The summed E-state index contributed by atoms with van der Waals surface area (Å²) in [4.78, 5) is 17.6. The fourth-order valence-corrected chi connectivity index (χ4v) is 3.27. The maximum atomic E-state index is 13.4. The zero-order valence-corrected chi connectivity index (χ0v) is 16.2. The first kappa shape index (κ1) is 19.2. The summed E-state index contributed by atoms with van der Waals surface area (Å²) >= 11 is 0. The smallest absolute Gasteiger partial charge is 0.258 e. The second-order valence-corrected chi connectivity index (χ2v) is 6.57. The van der Waals surface area contributed by atoms with Crippen molar-refractivity contribution in [1.29, 1.82) is 0 Å². The molecule has 0 bridgehead atoms. The lowest BCUT2D eigenvalue weighted by atomic mass is 10.1. The molecule has 27 heavy (non-hydrogen) atoms. The molecule has 5 heteroatoms. The average molecular weight is 368 g/mol. The Morgan fingerprint density at radius 1 is 0.926 bits per heavy atom. The summed E-state index contributed by atoms with van der Waals surface area (Å²) in [5.74, 6) is 1.19. The third-order valence-electron chi connectivity index (χ3n) is 4.88. The number of rotatable bonds is 8. The molecule has 0 saturated heterocycles. The van der Waals surface area contributed by atoms with Gasteiger partial charge in [-0.2, -0.15) is 0 Å². The maximum absolute atomic E-state index is 13.4. The second-order valence-electron chi connectivity index (χ2n) is 6.57. The van der Waals surface area contributed by atoms with Crippen molar-refractivity contribution in [3.05, 3.63) is 59.7 Å². The van der Waals surface area contributed by atoms with Gasteiger partial charge in [-0.3, -0.25) is 4.79 Å². The van der Waals surface area contributed by atoms with Gasteiger partial charge in [0.15, 0.2) is 11.5 Å². The fourth-order valence-electron chi connectivity index (χ4n) is 3.27. The van der Waals surface area contributed by atoms with Gasteiger partial charge in [0.1, 0.15) is 13.2 Å². The molecule has 0 fully saturated rings. The highest BCUT2D eigenvalue weighted by Gasteiger charge is 2.24. The molecule has 5 nitrogen and oxygen atoms in total. The summed E-state index contributed by atoms with van der Waals surface area (Å²) in [6.45, 7) is 9.31. The van der Waals surface area contributed by atoms with Gasteiger partial charge in [0, 0.05) is 19.6 Å². The normalized spacial score (nSPS) is 12.9. The zero-order valence-electron chi connectivity index (χ0n) is 16.2. The van der Waals surface area contributed by atoms with Crippen molar-refractivity contribution in [1.82, 2.24) is 9.80 Å². The van der Waals surface area contributed by atoms with E-state index in [-0.39, 0.29) is 5.91 Å². The predicted molar refractivity (Wildman–Crippen MR) is 106 cm³/mol. The van der Waals surface area contributed by atoms with Crippen LogP contribution in [0.3, 0.4) is 0 Å². The van der Waals surface area contributed by atoms with E-state index in [1.54, 1.807) is 0 Å². The molecule has 2 aromatic carbocycles. The topological polar surface area (TPSA) is 42.0 Å². The van der Waals surface area contributed by atoms with Gasteiger partial charge in [0.05, 0.1) is 5.56 Å². The van der Waals surface area contributed by atoms with E-state index in [1.807, 2.05) is 41.3 Å². The average Bonchev–Trinajstić information content (AvgIpc) is 2.73. The number of fused-ring (bicyclic) bond motifs is 1. The monoisotopic (exact) mass is 368 g/mol. The molecule has 3 rings (SSSR count). The Kier molecular flexibility index (Phi) is 6.71. The summed E-state index contributed by atoms with van der Waals surface area (Å²) in [7, 11) is 0. The van der Waals surface area contributed by atoms with Crippen LogP contribution in [0.2, 0.25) is 0 Å². The molecule has 0 radical (unpaired) electrons. The van der Waals surface area contributed by atoms with Gasteiger partial charge >= 0.3 is 0 Å². The summed E-state index contributed by atoms with van der Waals surface area (Å²) in [6, 6.07) is 15.6. The van der Waals surface area contributed by atoms with Crippen molar-refractivity contribution >= 4 is 5.91 Å². The van der Waals surface area contributed by atoms with Crippen molar-refractivity contribution in [2.24, 2.45) is 0 Å². The molecular weight excluding hydrogens is 340 g/mol. The minimum absolute atomic E-state index is 0.0200. The Hall–Kier alpha value is -2.53. The number of benzene rings is 2. The van der Waals surface area contributed by atoms with Crippen LogP contribution in [0, 0.1) is 0 Å². The Bertz CT molecular complexity index is 744. The molecule has 144 valence electrons. The molecule has 1 heterocycles. The molecule has 2 aromatic rings. The first-order valence-electron chi connectivity index (χ1n) is 9.67. The number of ether oxygens (including phenoxy) is 2. The van der Waals surface area contributed by atoms with Gasteiger partial charge in [0.25, 0.3) is 5.91 Å². The number of carbonyl (C=O) groups excluding carboxylic acids is 1. The Morgan fingerprint density at radius 3 is 2.41 bits per heavy atom. The molecule has 0 aliphatic carbocycles. The van der Waals surface area contributed by atoms with E-state index in [9.17, 15) is 4.79 Å². The number of carbonyl (C=O) groups is 1. The predicted octanol–water partition coefficient (Wildman–Crippen LogP) is 3.44. The van der Waals surface area contributed by atoms with Gasteiger partial charge in [-0.25, -0.2) is 0 Å². The van der Waals surface area contributed by atoms with Crippen LogP contribution >= 0.6 is 0 Å². The number of para-hydroxylation sites is 1. The Balaban J connectivity index is 1.84. The van der Waals surface area contributed by atoms with Crippen molar-refractivity contribution in [2.75, 3.05) is 39.4 Å². The SMILES string of the molecule is CCN(CC)CCN(Cc1ccccc1)C(=O)c1cccc2c1OCCO2. The number of likely N-dealkylation sites (N-methyl/N-ethyl adjacent to an activating group) is 1. The highest BCUT2D eigenvalue weighted by atomic mass is 16.6. The Labute approximate surface area is 161 Å². The van der Waals surface area contributed by atoms with E-state index in [0.717, 1.165) is 25.2 Å². The third-order valence-corrected chi connectivity index (χ3v) is 4.88. The van der Waals surface area contributed by atoms with Crippen LogP contribution in [0.15, 0.2) is 48.5 Å². The molecule has 1 amide bonds. The summed E-state index contributed by atoms with van der Waals surface area (Å²) in [6.07, 6.45) is 0. The lowest BCUT2D eigenvalue weighted by molar-refractivity contribution is 0.0713. The van der Waals surface area contributed by atoms with Gasteiger partial charge in [-0.1, -0.05) is 50.2 Å². The fraction of sp³-hybridized carbons (Fsp3) is 0.409. The van der Waals surface area contributed by atoms with Crippen LogP contribution in [0.1, 0.15) is 29.8 Å². The summed E-state index contributed by atoms with van der Waals surface area (Å²) < 4.78 is 11.4. The molecule has 0 spiro atoms. The largest absolute Gasteiger partial charge is 0.486 e. The minimum atomic E-state index is -0.0200. The highest BCUT2D eigenvalue weighted by molar-refractivity contribution is 5.97. The van der Waals surface area contributed by atoms with Crippen molar-refractivity contribution < 1.29 is 14.3 Å². The number of nitrogens with zero attached hydrogens (tertiary/aromatic N) is 2. The van der Waals surface area contributed by atoms with Crippen LogP contribution < -0.4 is 9.47 Å². The number of amides is 1. The maximum Gasteiger partial charge on any atom is 0.258 e. The van der Waals surface area contributed by atoms with E-state index in [1.165, 1.54) is 0 Å². The molecule has 0 saturated carbocycles. The molecule has 1 aliphatic rings. The van der Waals surface area contributed by atoms with E-state index in [0.29, 0.717) is 43.4 Å². The van der Waals surface area contributed by atoms with Crippen LogP contribution in [0.25, 0.3) is 0 Å². The van der Waals surface area contributed by atoms with E-state index in [4.69, 9.17) is 9.47 Å². The van der Waals surface area contributed by atoms with Crippen LogP contribution in [0.5, 0.6) is 11.5 Å². The standard InChI is InChI=1S/C22H28N2O3/c1-3-23(4-2)13-14-24(17-18-9-6-5-7-10-18)22(25)19-11-8-12-20-21(19)27-16-15-26-20/h5-12H,3-4,13-17H2,1-2H3. The molecular formula is C22H28N2O3. The zero-order chi connectivity index (χ0) is 19.1. The molecule has 0 unspecified atom stereocenters. The van der Waals surface area contributed by atoms with Gasteiger partial charge in [-0.15, -0.1) is 0 Å².